The van der Waals surface area contributed by atoms with E-state index in [9.17, 15) is 18.8 Å². The molecule has 1 fully saturated rings. The zero-order valence-electron chi connectivity index (χ0n) is 23.0. The van der Waals surface area contributed by atoms with Crippen molar-refractivity contribution in [1.29, 1.82) is 0 Å². The first-order valence-electron chi connectivity index (χ1n) is 13.9. The molecule has 0 radical (unpaired) electrons. The number of carbonyl (C=O) groups excluding carboxylic acids is 3. The third-order valence-corrected chi connectivity index (χ3v) is 7.79. The summed E-state index contributed by atoms with van der Waals surface area (Å²) < 4.78 is 19.4. The fraction of sp³-hybridized carbons (Fsp3) is 0.500. The van der Waals surface area contributed by atoms with Crippen LogP contribution in [-0.4, -0.2) is 61.4 Å². The number of ether oxygens (including phenoxy) is 1. The minimum absolute atomic E-state index is 0. The highest BCUT2D eigenvalue weighted by molar-refractivity contribution is 5.97. The topological polar surface area (TPSA) is 114 Å². The Bertz CT molecular complexity index is 1190. The van der Waals surface area contributed by atoms with Crippen molar-refractivity contribution >= 4 is 30.1 Å². The van der Waals surface area contributed by atoms with Gasteiger partial charge in [0.1, 0.15) is 11.6 Å². The smallest absolute Gasteiger partial charge is 0.255 e. The third kappa shape index (κ3) is 7.95. The lowest BCUT2D eigenvalue weighted by atomic mass is 9.73. The summed E-state index contributed by atoms with van der Waals surface area (Å²) >= 11 is 0. The van der Waals surface area contributed by atoms with Crippen molar-refractivity contribution in [2.45, 2.75) is 57.9 Å². The SMILES string of the molecule is Cc1ccc2c(c1)OCCCNC(=O)C1(CCCCNC2=O)CCN(C(=O)[C@H](N)Cc2cccc(F)c2)CC1.Cl. The van der Waals surface area contributed by atoms with E-state index in [1.807, 2.05) is 19.1 Å². The number of nitrogens with two attached hydrogens (primary N) is 1. The molecule has 2 heterocycles. The van der Waals surface area contributed by atoms with Crippen molar-refractivity contribution in [3.05, 3.63) is 65.0 Å². The molecule has 1 atom stereocenters. The molecule has 3 amide bonds. The molecule has 40 heavy (non-hydrogen) atoms. The van der Waals surface area contributed by atoms with Gasteiger partial charge in [0.15, 0.2) is 0 Å². The largest absolute Gasteiger partial charge is 0.493 e. The molecule has 2 aliphatic heterocycles. The lowest BCUT2D eigenvalue weighted by Crippen LogP contribution is -2.53. The predicted octanol–water partition coefficient (Wildman–Crippen LogP) is 3.53. The Balaban J connectivity index is 0.00000441. The first-order chi connectivity index (χ1) is 18.8. The number of likely N-dealkylation sites (tertiary alicyclic amines) is 1. The highest BCUT2D eigenvalue weighted by Gasteiger charge is 2.42. The summed E-state index contributed by atoms with van der Waals surface area (Å²) in [4.78, 5) is 41.0. The summed E-state index contributed by atoms with van der Waals surface area (Å²) in [6.07, 6.45) is 4.16. The Kier molecular flexibility index (Phi) is 11.3. The molecule has 0 aromatic heterocycles. The number of aryl methyl sites for hydroxylation is 1. The van der Waals surface area contributed by atoms with Crippen LogP contribution in [0.2, 0.25) is 0 Å². The Morgan fingerprint density at radius 1 is 1.05 bits per heavy atom. The van der Waals surface area contributed by atoms with E-state index < -0.39 is 11.5 Å². The van der Waals surface area contributed by atoms with Crippen molar-refractivity contribution in [2.24, 2.45) is 11.1 Å². The second-order valence-corrected chi connectivity index (χ2v) is 10.7. The monoisotopic (exact) mass is 574 g/mol. The van der Waals surface area contributed by atoms with Crippen LogP contribution in [0.25, 0.3) is 0 Å². The molecule has 10 heteroatoms. The average molecular weight is 575 g/mol. The van der Waals surface area contributed by atoms with Gasteiger partial charge in [-0.2, -0.15) is 0 Å². The summed E-state index contributed by atoms with van der Waals surface area (Å²) in [5, 5.41) is 6.07. The average Bonchev–Trinajstić information content (AvgIpc) is 2.92. The summed E-state index contributed by atoms with van der Waals surface area (Å²) in [6.45, 7) is 4.18. The van der Waals surface area contributed by atoms with Gasteiger partial charge >= 0.3 is 0 Å². The normalized spacial score (nSPS) is 19.0. The Hall–Kier alpha value is -3.17. The molecule has 4 N–H and O–H groups in total. The van der Waals surface area contributed by atoms with Crippen LogP contribution in [0.15, 0.2) is 42.5 Å². The molecule has 218 valence electrons. The standard InChI is InChI=1S/C30H39FN4O4.ClH/c1-21-8-9-24-26(18-21)39-17-5-14-34-29(38)30(10-2-3-13-33-27(24)36)11-15-35(16-12-30)28(37)25(32)20-22-6-4-7-23(31)19-22;/h4,6-9,18-19,25H,2-3,5,10-17,20,32H2,1H3,(H,33,36)(H,34,38);1H/t25-;/m1./s1. The first kappa shape index (κ1) is 31.4. The van der Waals surface area contributed by atoms with Crippen molar-refractivity contribution in [2.75, 3.05) is 32.8 Å². The summed E-state index contributed by atoms with van der Waals surface area (Å²) in [6, 6.07) is 10.9. The van der Waals surface area contributed by atoms with E-state index in [1.54, 1.807) is 23.1 Å². The maximum atomic E-state index is 13.5. The molecule has 4 rings (SSSR count). The number of piperidine rings is 1. The van der Waals surface area contributed by atoms with E-state index in [0.29, 0.717) is 75.3 Å². The number of hydrogen-bond donors (Lipinski definition) is 3. The molecule has 2 aromatic carbocycles. The lowest BCUT2D eigenvalue weighted by Gasteiger charge is -2.41. The van der Waals surface area contributed by atoms with Gasteiger partial charge in [-0.05, 0) is 80.8 Å². The number of hydrogen-bond acceptors (Lipinski definition) is 5. The van der Waals surface area contributed by atoms with Crippen molar-refractivity contribution in [3.63, 3.8) is 0 Å². The van der Waals surface area contributed by atoms with Crippen LogP contribution in [0.5, 0.6) is 5.75 Å². The molecule has 0 saturated carbocycles. The number of halogens is 2. The molecule has 2 aromatic rings. The van der Waals surface area contributed by atoms with Gasteiger partial charge in [0.25, 0.3) is 5.91 Å². The van der Waals surface area contributed by atoms with Crippen LogP contribution < -0.4 is 21.1 Å². The van der Waals surface area contributed by atoms with E-state index in [0.717, 1.165) is 18.4 Å². The Morgan fingerprint density at radius 2 is 1.80 bits per heavy atom. The van der Waals surface area contributed by atoms with Gasteiger partial charge in [-0.3, -0.25) is 14.4 Å². The maximum absolute atomic E-state index is 13.5. The second kappa shape index (κ2) is 14.5. The molecule has 2 aliphatic rings. The molecule has 1 spiro atoms. The number of benzene rings is 2. The van der Waals surface area contributed by atoms with Crippen molar-refractivity contribution in [3.8, 4) is 5.75 Å². The lowest BCUT2D eigenvalue weighted by molar-refractivity contribution is -0.141. The van der Waals surface area contributed by atoms with Crippen LogP contribution in [-0.2, 0) is 16.0 Å². The van der Waals surface area contributed by atoms with E-state index >= 15 is 0 Å². The zero-order valence-corrected chi connectivity index (χ0v) is 23.9. The number of rotatable bonds is 3. The first-order valence-corrected chi connectivity index (χ1v) is 13.9. The van der Waals surface area contributed by atoms with Gasteiger partial charge < -0.3 is 26.0 Å². The van der Waals surface area contributed by atoms with E-state index in [4.69, 9.17) is 10.5 Å². The number of amides is 3. The van der Waals surface area contributed by atoms with Crippen LogP contribution in [0.1, 0.15) is 60.0 Å². The minimum Gasteiger partial charge on any atom is -0.493 e. The van der Waals surface area contributed by atoms with Gasteiger partial charge in [0.2, 0.25) is 11.8 Å². The molecule has 0 aliphatic carbocycles. The van der Waals surface area contributed by atoms with Gasteiger partial charge in [-0.15, -0.1) is 12.4 Å². The fourth-order valence-electron chi connectivity index (χ4n) is 5.45. The Labute approximate surface area is 241 Å². The zero-order chi connectivity index (χ0) is 27.8. The molecular formula is C30H40ClFN4O4. The number of nitrogens with zero attached hydrogens (tertiary/aromatic N) is 1. The summed E-state index contributed by atoms with van der Waals surface area (Å²) in [5.41, 5.74) is 7.83. The molecule has 1 saturated heterocycles. The highest BCUT2D eigenvalue weighted by Crippen LogP contribution is 2.37. The van der Waals surface area contributed by atoms with E-state index in [2.05, 4.69) is 10.6 Å². The van der Waals surface area contributed by atoms with Crippen LogP contribution in [0.4, 0.5) is 4.39 Å². The maximum Gasteiger partial charge on any atom is 0.255 e. The van der Waals surface area contributed by atoms with Crippen molar-refractivity contribution < 1.29 is 23.5 Å². The quantitative estimate of drug-likeness (QED) is 0.519. The molecular weight excluding hydrogens is 535 g/mol. The summed E-state index contributed by atoms with van der Waals surface area (Å²) in [5.74, 6) is -0.133. The van der Waals surface area contributed by atoms with Gasteiger partial charge in [-0.25, -0.2) is 4.39 Å². The van der Waals surface area contributed by atoms with E-state index in [1.165, 1.54) is 12.1 Å². The van der Waals surface area contributed by atoms with Crippen molar-refractivity contribution in [1.82, 2.24) is 15.5 Å². The molecule has 0 unspecified atom stereocenters. The number of carbonyl (C=O) groups is 3. The van der Waals surface area contributed by atoms with Crippen LogP contribution >= 0.6 is 12.4 Å². The molecule has 0 bridgehead atoms. The minimum atomic E-state index is -0.765. The summed E-state index contributed by atoms with van der Waals surface area (Å²) in [7, 11) is 0. The number of nitrogens with one attached hydrogen (secondary N) is 2. The Morgan fingerprint density at radius 3 is 2.55 bits per heavy atom. The third-order valence-electron chi connectivity index (χ3n) is 7.79. The van der Waals surface area contributed by atoms with E-state index in [-0.39, 0.29) is 42.4 Å². The second-order valence-electron chi connectivity index (χ2n) is 10.7. The predicted molar refractivity (Wildman–Crippen MR) is 154 cm³/mol. The van der Waals surface area contributed by atoms with Crippen LogP contribution in [0, 0.1) is 18.2 Å². The van der Waals surface area contributed by atoms with Gasteiger partial charge in [-0.1, -0.05) is 24.6 Å². The fourth-order valence-corrected chi connectivity index (χ4v) is 5.45. The number of fused-ring (bicyclic) bond motifs is 1. The van der Waals surface area contributed by atoms with Gasteiger partial charge in [0.05, 0.1) is 23.6 Å². The highest BCUT2D eigenvalue weighted by atomic mass is 35.5. The van der Waals surface area contributed by atoms with Crippen LogP contribution in [0.3, 0.4) is 0 Å². The molecule has 8 nitrogen and oxygen atoms in total. The van der Waals surface area contributed by atoms with Gasteiger partial charge in [0, 0.05) is 26.2 Å².